The fraction of sp³-hybridized carbons (Fsp3) is 0.731. The van der Waals surface area contributed by atoms with Gasteiger partial charge in [-0.1, -0.05) is 121 Å². The lowest BCUT2D eigenvalue weighted by atomic mass is 10.0. The van der Waals surface area contributed by atoms with Crippen LogP contribution in [0.25, 0.3) is 0 Å². The Labute approximate surface area is 174 Å². The minimum atomic E-state index is -0.981. The summed E-state index contributed by atoms with van der Waals surface area (Å²) < 4.78 is 0. The highest BCUT2D eigenvalue weighted by Crippen LogP contribution is 2.14. The quantitative estimate of drug-likeness (QED) is 0.149. The molecule has 0 rings (SSSR count). The minimum absolute atomic E-state index is 0.885. The highest BCUT2D eigenvalue weighted by Gasteiger charge is 1.94. The largest absolute Gasteiger partial charge is 0.478 e. The third kappa shape index (κ3) is 24.3. The normalized spacial score (nSPS) is 10.3. The SMILES string of the molecule is CCCCCCCCCCCCCCCCCCCC#CC#CC=CC(=O)O. The number of carbonyl (C=O) groups is 1. The van der Waals surface area contributed by atoms with E-state index in [1.807, 2.05) is 0 Å². The zero-order chi connectivity index (χ0) is 20.5. The highest BCUT2D eigenvalue weighted by molar-refractivity contribution is 5.80. The molecule has 0 amide bonds. The molecule has 0 saturated carbocycles. The van der Waals surface area contributed by atoms with Crippen molar-refractivity contribution in [2.75, 3.05) is 0 Å². The van der Waals surface area contributed by atoms with Crippen molar-refractivity contribution in [1.82, 2.24) is 0 Å². The monoisotopic (exact) mass is 386 g/mol. The van der Waals surface area contributed by atoms with E-state index in [4.69, 9.17) is 5.11 Å². The van der Waals surface area contributed by atoms with Crippen molar-refractivity contribution >= 4 is 5.97 Å². The Balaban J connectivity index is 3.19. The van der Waals surface area contributed by atoms with Gasteiger partial charge in [0.1, 0.15) is 0 Å². The number of unbranched alkanes of at least 4 members (excludes halogenated alkanes) is 17. The van der Waals surface area contributed by atoms with Gasteiger partial charge in [-0.05, 0) is 24.3 Å². The van der Waals surface area contributed by atoms with Crippen LogP contribution in [0.4, 0.5) is 0 Å². The van der Waals surface area contributed by atoms with Gasteiger partial charge < -0.3 is 5.11 Å². The number of hydrogen-bond acceptors (Lipinski definition) is 1. The van der Waals surface area contributed by atoms with E-state index in [1.165, 1.54) is 109 Å². The molecule has 158 valence electrons. The van der Waals surface area contributed by atoms with Crippen LogP contribution in [0.2, 0.25) is 0 Å². The fourth-order valence-electron chi connectivity index (χ4n) is 3.24. The van der Waals surface area contributed by atoms with Crippen LogP contribution in [0, 0.1) is 23.7 Å². The Morgan fingerprint density at radius 2 is 1.11 bits per heavy atom. The zero-order valence-electron chi connectivity index (χ0n) is 18.2. The summed E-state index contributed by atoms with van der Waals surface area (Å²) in [7, 11) is 0. The van der Waals surface area contributed by atoms with Crippen molar-refractivity contribution in [3.05, 3.63) is 12.2 Å². The summed E-state index contributed by atoms with van der Waals surface area (Å²) in [6, 6.07) is 0. The molecule has 0 aliphatic carbocycles. The predicted molar refractivity (Wildman–Crippen MR) is 121 cm³/mol. The molecule has 0 atom stereocenters. The van der Waals surface area contributed by atoms with Gasteiger partial charge in [-0.2, -0.15) is 0 Å². The summed E-state index contributed by atoms with van der Waals surface area (Å²) in [5.74, 6) is 10.0. The number of carboxylic acids is 1. The van der Waals surface area contributed by atoms with Gasteiger partial charge in [0, 0.05) is 12.5 Å². The molecule has 0 fully saturated rings. The van der Waals surface area contributed by atoms with Crippen molar-refractivity contribution in [3.8, 4) is 23.7 Å². The molecule has 0 aromatic heterocycles. The standard InChI is InChI=1S/C26H42O2/c1-2-3-4-5-6-7-8-9-10-11-12-13-14-15-16-17-18-19-20-21-22-23-24-25-26(27)28/h24-25H,2-19H2,1H3,(H,27,28). The van der Waals surface area contributed by atoms with Crippen molar-refractivity contribution in [2.45, 2.75) is 122 Å². The first-order valence-corrected chi connectivity index (χ1v) is 11.6. The van der Waals surface area contributed by atoms with Crippen LogP contribution in [0.5, 0.6) is 0 Å². The number of rotatable bonds is 18. The number of hydrogen-bond donors (Lipinski definition) is 1. The van der Waals surface area contributed by atoms with Gasteiger partial charge in [0.2, 0.25) is 0 Å². The molecule has 0 aliphatic rings. The third-order valence-electron chi connectivity index (χ3n) is 4.94. The Kier molecular flexibility index (Phi) is 22.0. The molecule has 0 aromatic rings. The van der Waals surface area contributed by atoms with E-state index >= 15 is 0 Å². The van der Waals surface area contributed by atoms with E-state index in [0.717, 1.165) is 18.9 Å². The Bertz CT molecular complexity index is 496. The van der Waals surface area contributed by atoms with E-state index in [-0.39, 0.29) is 0 Å². The van der Waals surface area contributed by atoms with E-state index in [0.29, 0.717) is 0 Å². The summed E-state index contributed by atoms with van der Waals surface area (Å²) in [5.41, 5.74) is 0. The van der Waals surface area contributed by atoms with Crippen molar-refractivity contribution in [1.29, 1.82) is 0 Å². The van der Waals surface area contributed by atoms with Crippen molar-refractivity contribution < 1.29 is 9.90 Å². The van der Waals surface area contributed by atoms with Gasteiger partial charge in [-0.25, -0.2) is 4.79 Å². The number of allylic oxidation sites excluding steroid dienone is 1. The molecule has 0 radical (unpaired) electrons. The average molecular weight is 387 g/mol. The van der Waals surface area contributed by atoms with Gasteiger partial charge in [0.25, 0.3) is 0 Å². The van der Waals surface area contributed by atoms with Gasteiger partial charge in [-0.3, -0.25) is 0 Å². The zero-order valence-corrected chi connectivity index (χ0v) is 18.2. The first-order valence-electron chi connectivity index (χ1n) is 11.6. The van der Waals surface area contributed by atoms with Crippen LogP contribution in [0.3, 0.4) is 0 Å². The maximum absolute atomic E-state index is 10.2. The Morgan fingerprint density at radius 3 is 1.54 bits per heavy atom. The Morgan fingerprint density at radius 1 is 0.679 bits per heavy atom. The Hall–Kier alpha value is -1.67. The maximum atomic E-state index is 10.2. The highest BCUT2D eigenvalue weighted by atomic mass is 16.4. The second-order valence-electron chi connectivity index (χ2n) is 7.65. The maximum Gasteiger partial charge on any atom is 0.328 e. The predicted octanol–water partition coefficient (Wildman–Crippen LogP) is 7.68. The summed E-state index contributed by atoms with van der Waals surface area (Å²) >= 11 is 0. The summed E-state index contributed by atoms with van der Waals surface area (Å²) in [5, 5.41) is 8.39. The second-order valence-corrected chi connectivity index (χ2v) is 7.65. The summed E-state index contributed by atoms with van der Waals surface area (Å²) in [4.78, 5) is 10.2. The van der Waals surface area contributed by atoms with E-state index in [1.54, 1.807) is 0 Å². The topological polar surface area (TPSA) is 37.3 Å². The molecule has 0 aliphatic heterocycles. The van der Waals surface area contributed by atoms with Crippen molar-refractivity contribution in [2.24, 2.45) is 0 Å². The molecule has 0 spiro atoms. The number of aliphatic carboxylic acids is 1. The number of carboxylic acid groups (broad SMARTS) is 1. The molecule has 0 unspecified atom stereocenters. The first-order chi connectivity index (χ1) is 13.8. The lowest BCUT2D eigenvalue weighted by molar-refractivity contribution is -0.131. The van der Waals surface area contributed by atoms with Crippen LogP contribution in [-0.2, 0) is 4.79 Å². The van der Waals surface area contributed by atoms with Crippen LogP contribution in [0.15, 0.2) is 12.2 Å². The van der Waals surface area contributed by atoms with Crippen molar-refractivity contribution in [3.63, 3.8) is 0 Å². The summed E-state index contributed by atoms with van der Waals surface area (Å²) in [6.45, 7) is 2.28. The molecule has 0 aromatic carbocycles. The molecule has 0 heterocycles. The second kappa shape index (κ2) is 23.4. The van der Waals surface area contributed by atoms with Gasteiger partial charge in [0.05, 0.1) is 0 Å². The lowest BCUT2D eigenvalue weighted by Gasteiger charge is -2.03. The van der Waals surface area contributed by atoms with Crippen LogP contribution < -0.4 is 0 Å². The lowest BCUT2D eigenvalue weighted by Crippen LogP contribution is -1.84. The molecule has 1 N–H and O–H groups in total. The molecular weight excluding hydrogens is 344 g/mol. The van der Waals surface area contributed by atoms with Crippen LogP contribution in [0.1, 0.15) is 122 Å². The van der Waals surface area contributed by atoms with E-state index in [9.17, 15) is 4.79 Å². The van der Waals surface area contributed by atoms with Gasteiger partial charge in [-0.15, -0.1) is 0 Å². The third-order valence-corrected chi connectivity index (χ3v) is 4.94. The molecule has 2 heteroatoms. The van der Waals surface area contributed by atoms with Crippen LogP contribution in [-0.4, -0.2) is 11.1 Å². The molecule has 2 nitrogen and oxygen atoms in total. The van der Waals surface area contributed by atoms with Crippen LogP contribution >= 0.6 is 0 Å². The molecular formula is C26H42O2. The fourth-order valence-corrected chi connectivity index (χ4v) is 3.24. The van der Waals surface area contributed by atoms with Gasteiger partial charge >= 0.3 is 5.97 Å². The smallest absolute Gasteiger partial charge is 0.328 e. The average Bonchev–Trinajstić information content (AvgIpc) is 2.68. The first kappa shape index (κ1) is 26.3. The molecule has 0 saturated heterocycles. The molecule has 0 bridgehead atoms. The molecule has 28 heavy (non-hydrogen) atoms. The minimum Gasteiger partial charge on any atom is -0.478 e. The van der Waals surface area contributed by atoms with E-state index in [2.05, 4.69) is 30.6 Å². The van der Waals surface area contributed by atoms with Gasteiger partial charge in [0.15, 0.2) is 0 Å². The summed E-state index contributed by atoms with van der Waals surface area (Å²) in [6.07, 6.45) is 26.7. The van der Waals surface area contributed by atoms with E-state index < -0.39 is 5.97 Å².